The molecule has 0 aromatic heterocycles. The molecule has 0 spiro atoms. The van der Waals surface area contributed by atoms with Crippen molar-refractivity contribution in [2.75, 3.05) is 26.3 Å². The molecule has 0 aliphatic heterocycles. The van der Waals surface area contributed by atoms with Crippen LogP contribution < -0.4 is 10.1 Å². The normalized spacial score (nSPS) is 12.4. The molecule has 0 amide bonds. The summed E-state index contributed by atoms with van der Waals surface area (Å²) in [6.45, 7) is 8.96. The number of halogens is 1. The number of nitrogens with one attached hydrogen (secondary N) is 1. The van der Waals surface area contributed by atoms with Crippen LogP contribution in [0.3, 0.4) is 0 Å². The summed E-state index contributed by atoms with van der Waals surface area (Å²) in [6.07, 6.45) is 1.05. The van der Waals surface area contributed by atoms with Gasteiger partial charge < -0.3 is 14.8 Å². The van der Waals surface area contributed by atoms with Crippen LogP contribution in [0, 0.1) is 12.7 Å². The van der Waals surface area contributed by atoms with Gasteiger partial charge in [0.05, 0.1) is 0 Å². The van der Waals surface area contributed by atoms with Gasteiger partial charge in [0.2, 0.25) is 0 Å². The first-order chi connectivity index (χ1) is 9.13. The van der Waals surface area contributed by atoms with Crippen molar-refractivity contribution in [3.05, 3.63) is 29.6 Å². The Kier molecular flexibility index (Phi) is 7.45. The highest BCUT2D eigenvalue weighted by Gasteiger charge is 2.05. The van der Waals surface area contributed by atoms with Gasteiger partial charge in [0.15, 0.2) is 0 Å². The lowest BCUT2D eigenvalue weighted by atomic mass is 10.2. The van der Waals surface area contributed by atoms with E-state index >= 15 is 0 Å². The van der Waals surface area contributed by atoms with E-state index in [1.165, 1.54) is 6.07 Å². The molecule has 0 aliphatic carbocycles. The molecule has 0 heterocycles. The molecule has 1 atom stereocenters. The van der Waals surface area contributed by atoms with Crippen molar-refractivity contribution in [3.8, 4) is 5.75 Å². The highest BCUT2D eigenvalue weighted by molar-refractivity contribution is 5.28. The Bertz CT molecular complexity index is 371. The Morgan fingerprint density at radius 3 is 2.84 bits per heavy atom. The topological polar surface area (TPSA) is 30.5 Å². The maximum Gasteiger partial charge on any atom is 0.126 e. The van der Waals surface area contributed by atoms with Crippen LogP contribution in [0.2, 0.25) is 0 Å². The largest absolute Gasteiger partial charge is 0.489 e. The summed E-state index contributed by atoms with van der Waals surface area (Å²) in [5.74, 6) is 0.511. The first-order valence-corrected chi connectivity index (χ1v) is 6.84. The first-order valence-electron chi connectivity index (χ1n) is 6.84. The second-order valence-corrected chi connectivity index (χ2v) is 4.59. The number of hydrogen-bond acceptors (Lipinski definition) is 3. The first kappa shape index (κ1) is 15.9. The van der Waals surface area contributed by atoms with Crippen LogP contribution in [0.1, 0.15) is 25.8 Å². The van der Waals surface area contributed by atoms with Crippen LogP contribution in [-0.4, -0.2) is 32.4 Å². The van der Waals surface area contributed by atoms with E-state index in [1.807, 2.05) is 13.8 Å². The van der Waals surface area contributed by atoms with Crippen molar-refractivity contribution in [2.45, 2.75) is 33.3 Å². The highest BCUT2D eigenvalue weighted by atomic mass is 19.1. The minimum Gasteiger partial charge on any atom is -0.489 e. The number of hydrogen-bond donors (Lipinski definition) is 1. The van der Waals surface area contributed by atoms with E-state index < -0.39 is 0 Å². The Hall–Kier alpha value is -1.13. The van der Waals surface area contributed by atoms with Gasteiger partial charge in [0, 0.05) is 19.8 Å². The highest BCUT2D eigenvalue weighted by Crippen LogP contribution is 2.16. The van der Waals surface area contributed by atoms with Gasteiger partial charge in [-0.15, -0.1) is 0 Å². The average Bonchev–Trinajstić information content (AvgIpc) is 2.38. The molecule has 3 nitrogen and oxygen atoms in total. The minimum atomic E-state index is -0.200. The summed E-state index contributed by atoms with van der Waals surface area (Å²) < 4.78 is 24.1. The molecule has 108 valence electrons. The van der Waals surface area contributed by atoms with E-state index in [0.717, 1.165) is 32.7 Å². The number of rotatable bonds is 9. The lowest BCUT2D eigenvalue weighted by molar-refractivity contribution is 0.143. The molecule has 1 aromatic rings. The second-order valence-electron chi connectivity index (χ2n) is 4.59. The van der Waals surface area contributed by atoms with Gasteiger partial charge >= 0.3 is 0 Å². The van der Waals surface area contributed by atoms with Crippen molar-refractivity contribution in [2.24, 2.45) is 0 Å². The molecule has 0 saturated carbocycles. The third-order valence-electron chi connectivity index (χ3n) is 2.74. The predicted octanol–water partition coefficient (Wildman–Crippen LogP) is 2.92. The van der Waals surface area contributed by atoms with Crippen LogP contribution in [0.5, 0.6) is 5.75 Å². The maximum absolute atomic E-state index is 13.1. The van der Waals surface area contributed by atoms with E-state index in [0.29, 0.717) is 11.3 Å². The van der Waals surface area contributed by atoms with Crippen LogP contribution in [0.15, 0.2) is 18.2 Å². The molecule has 0 saturated heterocycles. The molecule has 0 radical (unpaired) electrons. The van der Waals surface area contributed by atoms with Crippen molar-refractivity contribution >= 4 is 0 Å². The van der Waals surface area contributed by atoms with Gasteiger partial charge in [-0.3, -0.25) is 0 Å². The summed E-state index contributed by atoms with van der Waals surface area (Å²) in [7, 11) is 0. The van der Waals surface area contributed by atoms with Crippen molar-refractivity contribution in [1.29, 1.82) is 0 Å². The van der Waals surface area contributed by atoms with Gasteiger partial charge in [-0.2, -0.15) is 0 Å². The zero-order valence-electron chi connectivity index (χ0n) is 12.0. The second kappa shape index (κ2) is 8.88. The van der Waals surface area contributed by atoms with Crippen molar-refractivity contribution in [3.63, 3.8) is 0 Å². The van der Waals surface area contributed by atoms with E-state index in [-0.39, 0.29) is 11.9 Å². The fourth-order valence-corrected chi connectivity index (χ4v) is 1.71. The molecular weight excluding hydrogens is 245 g/mol. The third kappa shape index (κ3) is 6.55. The molecule has 0 bridgehead atoms. The van der Waals surface area contributed by atoms with Crippen LogP contribution in [0.25, 0.3) is 0 Å². The Labute approximate surface area is 115 Å². The Morgan fingerprint density at radius 2 is 2.16 bits per heavy atom. The van der Waals surface area contributed by atoms with Crippen LogP contribution in [-0.2, 0) is 4.74 Å². The fraction of sp³-hybridized carbons (Fsp3) is 0.600. The average molecular weight is 269 g/mol. The summed E-state index contributed by atoms with van der Waals surface area (Å²) in [6, 6.07) is 4.82. The lowest BCUT2D eigenvalue weighted by Gasteiger charge is -2.16. The summed E-state index contributed by atoms with van der Waals surface area (Å²) in [4.78, 5) is 0. The van der Waals surface area contributed by atoms with Crippen molar-refractivity contribution in [1.82, 2.24) is 5.32 Å². The predicted molar refractivity (Wildman–Crippen MR) is 75.2 cm³/mol. The van der Waals surface area contributed by atoms with Gasteiger partial charge in [-0.25, -0.2) is 4.39 Å². The molecule has 4 heteroatoms. The molecule has 1 unspecified atom stereocenters. The Balaban J connectivity index is 2.19. The SMILES string of the molecule is CCOCCCNCC(C)Oc1ccc(F)c(C)c1. The standard InChI is InChI=1S/C15H24FNO2/c1-4-18-9-5-8-17-11-13(3)19-14-6-7-15(16)12(2)10-14/h6-7,10,13,17H,4-5,8-9,11H2,1-3H3. The summed E-state index contributed by atoms with van der Waals surface area (Å²) in [5.41, 5.74) is 0.606. The number of benzene rings is 1. The van der Waals surface area contributed by atoms with Gasteiger partial charge in [0.25, 0.3) is 0 Å². The number of ether oxygens (including phenoxy) is 2. The molecule has 1 N–H and O–H groups in total. The van der Waals surface area contributed by atoms with E-state index in [2.05, 4.69) is 5.32 Å². The zero-order valence-corrected chi connectivity index (χ0v) is 12.0. The molecule has 1 aromatic carbocycles. The molecule has 19 heavy (non-hydrogen) atoms. The minimum absolute atomic E-state index is 0.0527. The van der Waals surface area contributed by atoms with E-state index in [1.54, 1.807) is 19.1 Å². The molecule has 0 aliphatic rings. The summed E-state index contributed by atoms with van der Waals surface area (Å²) >= 11 is 0. The van der Waals surface area contributed by atoms with E-state index in [4.69, 9.17) is 9.47 Å². The van der Waals surface area contributed by atoms with Crippen LogP contribution in [0.4, 0.5) is 4.39 Å². The van der Waals surface area contributed by atoms with Gasteiger partial charge in [-0.1, -0.05) is 0 Å². The molecular formula is C15H24FNO2. The van der Waals surface area contributed by atoms with E-state index in [9.17, 15) is 4.39 Å². The van der Waals surface area contributed by atoms with Crippen LogP contribution >= 0.6 is 0 Å². The summed E-state index contributed by atoms with van der Waals surface area (Å²) in [5, 5.41) is 3.31. The third-order valence-corrected chi connectivity index (χ3v) is 2.74. The molecule has 0 fully saturated rings. The molecule has 1 rings (SSSR count). The van der Waals surface area contributed by atoms with Gasteiger partial charge in [0.1, 0.15) is 17.7 Å². The lowest BCUT2D eigenvalue weighted by Crippen LogP contribution is -2.30. The smallest absolute Gasteiger partial charge is 0.126 e. The fourth-order valence-electron chi connectivity index (χ4n) is 1.71. The quantitative estimate of drug-likeness (QED) is 0.699. The maximum atomic E-state index is 13.1. The Morgan fingerprint density at radius 1 is 1.37 bits per heavy atom. The number of aryl methyl sites for hydroxylation is 1. The zero-order chi connectivity index (χ0) is 14.1. The monoisotopic (exact) mass is 269 g/mol. The van der Waals surface area contributed by atoms with Crippen molar-refractivity contribution < 1.29 is 13.9 Å². The van der Waals surface area contributed by atoms with Gasteiger partial charge in [-0.05, 0) is 57.5 Å².